The number of nitrogens with one attached hydrogen (secondary N) is 2. The molecule has 2 aliphatic heterocycles. The highest BCUT2D eigenvalue weighted by Crippen LogP contribution is 2.30. The number of hydrogen-bond acceptors (Lipinski definition) is 8. The van der Waals surface area contributed by atoms with Crippen LogP contribution in [0.15, 0.2) is 18.3 Å². The van der Waals surface area contributed by atoms with Crippen molar-refractivity contribution in [2.24, 2.45) is 13.0 Å². The lowest BCUT2D eigenvalue weighted by Gasteiger charge is -2.26. The summed E-state index contributed by atoms with van der Waals surface area (Å²) in [5.41, 5.74) is 0.393. The topological polar surface area (TPSA) is 184 Å². The lowest BCUT2D eigenvalue weighted by atomic mass is 10.1. The zero-order valence-electron chi connectivity index (χ0n) is 21.1. The number of hydrogen-bond donors (Lipinski definition) is 2. The maximum Gasteiger partial charge on any atom is 0.268 e. The number of aliphatic carboxylic acids is 2. The predicted molar refractivity (Wildman–Crippen MR) is 125 cm³/mol. The van der Waals surface area contributed by atoms with E-state index in [1.54, 1.807) is 29.9 Å². The summed E-state index contributed by atoms with van der Waals surface area (Å²) in [6, 6.07) is -0.123. The number of likely N-dealkylation sites (tertiary alicyclic amines) is 2. The van der Waals surface area contributed by atoms with Gasteiger partial charge in [-0.2, -0.15) is 0 Å². The van der Waals surface area contributed by atoms with Gasteiger partial charge in [0.2, 0.25) is 17.7 Å². The number of carboxylic acid groups (broad SMARTS) is 2. The molecule has 0 bridgehead atoms. The van der Waals surface area contributed by atoms with Crippen LogP contribution in [0.1, 0.15) is 55.4 Å². The number of amides is 4. The second-order valence-electron chi connectivity index (χ2n) is 10.2. The molecule has 4 atom stereocenters. The van der Waals surface area contributed by atoms with Gasteiger partial charge in [0.15, 0.2) is 0 Å². The molecule has 1 saturated carbocycles. The highest BCUT2D eigenvalue weighted by atomic mass is 16.4. The van der Waals surface area contributed by atoms with Crippen LogP contribution >= 0.6 is 0 Å². The molecule has 2 saturated heterocycles. The van der Waals surface area contributed by atoms with Gasteiger partial charge >= 0.3 is 0 Å². The highest BCUT2D eigenvalue weighted by Gasteiger charge is 2.40. The first-order chi connectivity index (χ1) is 18.0. The van der Waals surface area contributed by atoms with Crippen LogP contribution in [0, 0.1) is 5.92 Å². The van der Waals surface area contributed by atoms with Crippen LogP contribution in [0.4, 0.5) is 0 Å². The zero-order valence-corrected chi connectivity index (χ0v) is 21.1. The summed E-state index contributed by atoms with van der Waals surface area (Å²) < 4.78 is 1.62. The maximum absolute atomic E-state index is 12.8. The molecule has 3 aliphatic rings. The van der Waals surface area contributed by atoms with Gasteiger partial charge in [-0.25, -0.2) is 0 Å². The first-order valence-electron chi connectivity index (χ1n) is 12.8. The third-order valence-corrected chi connectivity index (χ3v) is 7.37. The van der Waals surface area contributed by atoms with Crippen molar-refractivity contribution in [1.82, 2.24) is 25.0 Å². The third-order valence-electron chi connectivity index (χ3n) is 7.37. The second-order valence-corrected chi connectivity index (χ2v) is 10.2. The summed E-state index contributed by atoms with van der Waals surface area (Å²) >= 11 is 0. The van der Waals surface area contributed by atoms with E-state index >= 15 is 0 Å². The SMILES string of the molecule is Cn1cccc1C(=O)N[C@H]1C[C@@H](C(=O)[O-])N(C(=O)CCCC(=O)N2C[C@@H](NC(=O)C3CC3)C[C@H]2C(=O)[O-])C1. The average molecular weight is 530 g/mol. The lowest BCUT2D eigenvalue weighted by Crippen LogP contribution is -2.47. The van der Waals surface area contributed by atoms with Crippen LogP contribution in [-0.4, -0.2) is 87.2 Å². The van der Waals surface area contributed by atoms with Gasteiger partial charge in [-0.3, -0.25) is 19.2 Å². The molecule has 206 valence electrons. The number of aryl methyl sites for hydroxylation is 1. The normalized spacial score (nSPS) is 24.8. The van der Waals surface area contributed by atoms with E-state index in [-0.39, 0.29) is 62.9 Å². The monoisotopic (exact) mass is 529 g/mol. The fourth-order valence-corrected chi connectivity index (χ4v) is 5.18. The van der Waals surface area contributed by atoms with Gasteiger partial charge in [-0.1, -0.05) is 0 Å². The molecule has 0 spiro atoms. The molecule has 0 unspecified atom stereocenters. The molecule has 0 radical (unpaired) electrons. The van der Waals surface area contributed by atoms with Crippen molar-refractivity contribution in [3.05, 3.63) is 24.0 Å². The van der Waals surface area contributed by atoms with Gasteiger partial charge in [0.05, 0.1) is 24.0 Å². The van der Waals surface area contributed by atoms with Crippen molar-refractivity contribution >= 4 is 35.6 Å². The molecule has 3 heterocycles. The molecular weight excluding hydrogens is 498 g/mol. The number of carbonyl (C=O) groups excluding carboxylic acids is 6. The minimum absolute atomic E-state index is 0.00178. The number of carbonyl (C=O) groups is 6. The van der Waals surface area contributed by atoms with E-state index in [1.807, 2.05) is 0 Å². The van der Waals surface area contributed by atoms with Crippen molar-refractivity contribution < 1.29 is 39.0 Å². The number of carboxylic acids is 2. The van der Waals surface area contributed by atoms with E-state index in [2.05, 4.69) is 10.6 Å². The van der Waals surface area contributed by atoms with Crippen LogP contribution in [0.5, 0.6) is 0 Å². The van der Waals surface area contributed by atoms with Gasteiger partial charge in [0.1, 0.15) is 5.69 Å². The van der Waals surface area contributed by atoms with Gasteiger partial charge in [-0.15, -0.1) is 0 Å². The van der Waals surface area contributed by atoms with Crippen LogP contribution < -0.4 is 20.8 Å². The Labute approximate surface area is 219 Å². The molecule has 1 aromatic rings. The Balaban J connectivity index is 1.28. The van der Waals surface area contributed by atoms with Crippen LogP contribution in [-0.2, 0) is 31.0 Å². The van der Waals surface area contributed by atoms with Crippen molar-refractivity contribution in [3.63, 3.8) is 0 Å². The van der Waals surface area contributed by atoms with E-state index in [9.17, 15) is 39.0 Å². The first-order valence-corrected chi connectivity index (χ1v) is 12.8. The Morgan fingerprint density at radius 2 is 1.39 bits per heavy atom. The summed E-state index contributed by atoms with van der Waals surface area (Å²) in [6.45, 7) is 0.0358. The molecule has 0 aromatic carbocycles. The molecule has 1 aliphatic carbocycles. The minimum atomic E-state index is -1.43. The summed E-state index contributed by atoms with van der Waals surface area (Å²) in [6.07, 6.45) is 3.16. The summed E-state index contributed by atoms with van der Waals surface area (Å²) in [4.78, 5) is 75.7. The van der Waals surface area contributed by atoms with Crippen molar-refractivity contribution in [3.8, 4) is 0 Å². The molecule has 13 heteroatoms. The van der Waals surface area contributed by atoms with E-state index in [4.69, 9.17) is 0 Å². The molecule has 2 N–H and O–H groups in total. The highest BCUT2D eigenvalue weighted by molar-refractivity contribution is 5.93. The first kappa shape index (κ1) is 27.1. The zero-order chi connectivity index (χ0) is 27.6. The average Bonchev–Trinajstić information content (AvgIpc) is 3.26. The Morgan fingerprint density at radius 1 is 0.868 bits per heavy atom. The summed E-state index contributed by atoms with van der Waals surface area (Å²) in [5, 5.41) is 28.8. The molecule has 3 fully saturated rings. The fraction of sp³-hybridized carbons (Fsp3) is 0.600. The molecule has 13 nitrogen and oxygen atoms in total. The second kappa shape index (κ2) is 11.2. The minimum Gasteiger partial charge on any atom is -0.548 e. The Morgan fingerprint density at radius 3 is 1.84 bits per heavy atom. The lowest BCUT2D eigenvalue weighted by molar-refractivity contribution is -0.311. The van der Waals surface area contributed by atoms with Crippen LogP contribution in [0.25, 0.3) is 0 Å². The van der Waals surface area contributed by atoms with Crippen molar-refractivity contribution in [2.45, 2.75) is 69.1 Å². The van der Waals surface area contributed by atoms with E-state index in [0.29, 0.717) is 5.69 Å². The fourth-order valence-electron chi connectivity index (χ4n) is 5.18. The van der Waals surface area contributed by atoms with E-state index in [1.165, 1.54) is 0 Å². The quantitative estimate of drug-likeness (QED) is 0.319. The van der Waals surface area contributed by atoms with E-state index < -0.39 is 47.9 Å². The van der Waals surface area contributed by atoms with Crippen molar-refractivity contribution in [1.29, 1.82) is 0 Å². The maximum atomic E-state index is 12.8. The summed E-state index contributed by atoms with van der Waals surface area (Å²) in [7, 11) is 1.70. The van der Waals surface area contributed by atoms with Gasteiger partial charge in [0.25, 0.3) is 5.91 Å². The van der Waals surface area contributed by atoms with E-state index in [0.717, 1.165) is 22.6 Å². The Kier molecular flexibility index (Phi) is 8.02. The molecule has 4 rings (SSSR count). The van der Waals surface area contributed by atoms with Gasteiger partial charge < -0.3 is 44.8 Å². The van der Waals surface area contributed by atoms with Gasteiger partial charge in [0, 0.05) is 57.2 Å². The van der Waals surface area contributed by atoms with Crippen LogP contribution in [0.3, 0.4) is 0 Å². The van der Waals surface area contributed by atoms with Crippen LogP contribution in [0.2, 0.25) is 0 Å². The standard InChI is InChI=1S/C25H33N5O8/c1-28-9-3-4-17(28)23(34)27-16-11-19(25(37)38)30(13-16)21(32)6-2-5-20(31)29-12-15(10-18(29)24(35)36)26-22(33)14-7-8-14/h3-4,9,14-16,18-19H,2,5-8,10-13H2,1H3,(H,26,33)(H,27,34)(H,35,36)(H,37,38)/p-2/t15-,16-,18-,19-/m0/s1. The molecule has 38 heavy (non-hydrogen) atoms. The Bertz CT molecular complexity index is 1130. The molecular formula is C25H31N5O8-2. The molecule has 1 aromatic heterocycles. The largest absolute Gasteiger partial charge is 0.548 e. The van der Waals surface area contributed by atoms with Crippen molar-refractivity contribution in [2.75, 3.05) is 13.1 Å². The number of aromatic nitrogens is 1. The predicted octanol–water partition coefficient (Wildman–Crippen LogP) is -3.11. The third kappa shape index (κ3) is 6.14. The summed E-state index contributed by atoms with van der Waals surface area (Å²) in [5.74, 6) is -4.41. The number of rotatable bonds is 10. The smallest absolute Gasteiger partial charge is 0.268 e. The Hall–Kier alpha value is -3.90. The number of nitrogens with zero attached hydrogens (tertiary/aromatic N) is 3. The molecule has 4 amide bonds. The van der Waals surface area contributed by atoms with Gasteiger partial charge in [-0.05, 0) is 44.2 Å².